The molecule has 0 aliphatic carbocycles. The van der Waals surface area contributed by atoms with Crippen LogP contribution in [0.1, 0.15) is 42.0 Å². The summed E-state index contributed by atoms with van der Waals surface area (Å²) < 4.78 is 20.2. The first-order valence-corrected chi connectivity index (χ1v) is 9.69. The molecule has 0 aliphatic rings. The van der Waals surface area contributed by atoms with E-state index in [4.69, 9.17) is 4.74 Å². The minimum atomic E-state index is -0.877. The number of hydrogen-bond donors (Lipinski definition) is 1. The maximum atomic E-state index is 13.1. The highest BCUT2D eigenvalue weighted by atomic mass is 19.1. The lowest BCUT2D eigenvalue weighted by Gasteiger charge is -2.20. The van der Waals surface area contributed by atoms with Gasteiger partial charge in [0.15, 0.2) is 0 Å². The molecule has 158 valence electrons. The Kier molecular flexibility index (Phi) is 6.22. The van der Waals surface area contributed by atoms with Crippen molar-refractivity contribution in [3.05, 3.63) is 91.4 Å². The van der Waals surface area contributed by atoms with Crippen LogP contribution in [0.4, 0.5) is 4.39 Å². The van der Waals surface area contributed by atoms with Crippen molar-refractivity contribution in [2.45, 2.75) is 47.0 Å². The van der Waals surface area contributed by atoms with Gasteiger partial charge in [-0.1, -0.05) is 47.9 Å². The van der Waals surface area contributed by atoms with Gasteiger partial charge in [0.25, 0.3) is 5.56 Å². The predicted octanol–water partition coefficient (Wildman–Crippen LogP) is 3.97. The molecule has 0 saturated heterocycles. The van der Waals surface area contributed by atoms with Crippen LogP contribution in [0.25, 0.3) is 11.3 Å². The zero-order chi connectivity index (χ0) is 22.0. The summed E-state index contributed by atoms with van der Waals surface area (Å²) in [5.41, 5.74) is 2.55. The normalized spacial score (nSPS) is 11.3. The molecule has 0 saturated carbocycles. The molecule has 0 aliphatic heterocycles. The highest BCUT2D eigenvalue weighted by Crippen LogP contribution is 2.27. The summed E-state index contributed by atoms with van der Waals surface area (Å²) >= 11 is 0. The van der Waals surface area contributed by atoms with Crippen molar-refractivity contribution in [2.24, 2.45) is 0 Å². The van der Waals surface area contributed by atoms with Crippen LogP contribution in [-0.2, 0) is 18.1 Å². The first kappa shape index (κ1) is 21.5. The number of benzene rings is 2. The Morgan fingerprint density at radius 2 is 1.63 bits per heavy atom. The Labute approximate surface area is 173 Å². The summed E-state index contributed by atoms with van der Waals surface area (Å²) in [6.45, 7) is 7.49. The first-order chi connectivity index (χ1) is 14.2. The molecule has 7 heteroatoms. The summed E-state index contributed by atoms with van der Waals surface area (Å²) in [7, 11) is 0. The third-order valence-electron chi connectivity index (χ3n) is 4.83. The smallest absolute Gasteiger partial charge is 0.366 e. The van der Waals surface area contributed by atoms with E-state index in [1.165, 1.54) is 16.7 Å². The Morgan fingerprint density at radius 3 is 2.20 bits per heavy atom. The fraction of sp³-hybridized carbons (Fsp3) is 0.304. The molecule has 0 fully saturated rings. The average molecular weight is 412 g/mol. The Morgan fingerprint density at radius 1 is 1.03 bits per heavy atom. The van der Waals surface area contributed by atoms with Crippen LogP contribution in [0.5, 0.6) is 0 Å². The molecule has 1 aromatic heterocycles. The van der Waals surface area contributed by atoms with E-state index in [0.717, 1.165) is 16.7 Å². The van der Waals surface area contributed by atoms with Gasteiger partial charge in [0.05, 0.1) is 12.3 Å². The van der Waals surface area contributed by atoms with Gasteiger partial charge in [-0.3, -0.25) is 9.36 Å². The minimum Gasteiger partial charge on any atom is -0.421 e. The van der Waals surface area contributed by atoms with Crippen LogP contribution in [-0.4, -0.2) is 14.5 Å². The van der Waals surface area contributed by atoms with E-state index in [0.29, 0.717) is 16.8 Å². The molecule has 0 unspecified atom stereocenters. The number of aryl methyl sites for hydroxylation is 2. The molecule has 0 radical (unpaired) electrons. The molecule has 0 spiro atoms. The summed E-state index contributed by atoms with van der Waals surface area (Å²) in [5, 5.41) is 10.1. The third kappa shape index (κ3) is 4.36. The van der Waals surface area contributed by atoms with Gasteiger partial charge in [0, 0.05) is 5.56 Å². The maximum absolute atomic E-state index is 13.1. The monoisotopic (exact) mass is 412 g/mol. The van der Waals surface area contributed by atoms with E-state index in [-0.39, 0.29) is 29.8 Å². The Balaban J connectivity index is 2.11. The number of nitrogens with zero attached hydrogens (tertiary/aromatic N) is 2. The zero-order valence-electron chi connectivity index (χ0n) is 17.5. The molecule has 2 aromatic carbocycles. The predicted molar refractivity (Wildman–Crippen MR) is 112 cm³/mol. The molecule has 6 nitrogen and oxygen atoms in total. The zero-order valence-corrected chi connectivity index (χ0v) is 17.5. The number of halogens is 1. The van der Waals surface area contributed by atoms with Crippen LogP contribution >= 0.6 is 0 Å². The Bertz CT molecular complexity index is 1160. The van der Waals surface area contributed by atoms with Crippen molar-refractivity contribution in [1.82, 2.24) is 9.30 Å². The second kappa shape index (κ2) is 8.67. The molecule has 0 bridgehead atoms. The van der Waals surface area contributed by atoms with Crippen molar-refractivity contribution >= 4 is 0 Å². The standard InChI is InChI=1S/C23H25FN2O4/c1-14(2)20-21(18-10-15(3)9-16(4)11-18)25(23(28)26(29)22(20)27)13-30-12-17-5-7-19(24)8-6-17/h5-11,14,29H,12-13H2,1-4H3. The van der Waals surface area contributed by atoms with E-state index in [1.807, 2.05) is 45.9 Å². The first-order valence-electron chi connectivity index (χ1n) is 9.69. The van der Waals surface area contributed by atoms with Gasteiger partial charge < -0.3 is 9.94 Å². The summed E-state index contributed by atoms with van der Waals surface area (Å²) in [6.07, 6.45) is 0. The maximum Gasteiger partial charge on any atom is 0.366 e. The molecule has 3 rings (SSSR count). The van der Waals surface area contributed by atoms with Gasteiger partial charge in [-0.25, -0.2) is 9.18 Å². The lowest BCUT2D eigenvalue weighted by Crippen LogP contribution is -2.42. The molecular formula is C23H25FN2O4. The van der Waals surface area contributed by atoms with Crippen LogP contribution in [0, 0.1) is 19.7 Å². The highest BCUT2D eigenvalue weighted by molar-refractivity contribution is 5.65. The van der Waals surface area contributed by atoms with Gasteiger partial charge in [-0.15, -0.1) is 0 Å². The van der Waals surface area contributed by atoms with Crippen LogP contribution in [0.3, 0.4) is 0 Å². The highest BCUT2D eigenvalue weighted by Gasteiger charge is 2.23. The largest absolute Gasteiger partial charge is 0.421 e. The summed E-state index contributed by atoms with van der Waals surface area (Å²) in [5.74, 6) is -0.586. The SMILES string of the molecule is Cc1cc(C)cc(-c2c(C(C)C)c(=O)n(O)c(=O)n2COCc2ccc(F)cc2)c1. The molecule has 1 heterocycles. The van der Waals surface area contributed by atoms with E-state index in [1.54, 1.807) is 12.1 Å². The second-order valence-electron chi connectivity index (χ2n) is 7.72. The van der Waals surface area contributed by atoms with Crippen LogP contribution in [0.2, 0.25) is 0 Å². The molecular weight excluding hydrogens is 387 g/mol. The van der Waals surface area contributed by atoms with Crippen molar-refractivity contribution in [3.8, 4) is 11.3 Å². The van der Waals surface area contributed by atoms with E-state index in [2.05, 4.69) is 0 Å². The van der Waals surface area contributed by atoms with E-state index >= 15 is 0 Å². The van der Waals surface area contributed by atoms with Gasteiger partial charge in [-0.2, -0.15) is 0 Å². The fourth-order valence-electron chi connectivity index (χ4n) is 3.56. The fourth-order valence-corrected chi connectivity index (χ4v) is 3.56. The van der Waals surface area contributed by atoms with Crippen LogP contribution < -0.4 is 11.2 Å². The molecule has 30 heavy (non-hydrogen) atoms. The van der Waals surface area contributed by atoms with Crippen molar-refractivity contribution in [3.63, 3.8) is 0 Å². The van der Waals surface area contributed by atoms with Gasteiger partial charge in [-0.05, 0) is 55.2 Å². The van der Waals surface area contributed by atoms with Gasteiger partial charge in [0.1, 0.15) is 12.5 Å². The number of aromatic nitrogens is 2. The van der Waals surface area contributed by atoms with Gasteiger partial charge in [0.2, 0.25) is 0 Å². The second-order valence-corrected chi connectivity index (χ2v) is 7.72. The number of hydrogen-bond acceptors (Lipinski definition) is 4. The van der Waals surface area contributed by atoms with E-state index in [9.17, 15) is 19.2 Å². The van der Waals surface area contributed by atoms with Gasteiger partial charge >= 0.3 is 5.69 Å². The summed E-state index contributed by atoms with van der Waals surface area (Å²) in [4.78, 5) is 25.5. The number of ether oxygens (including phenoxy) is 1. The third-order valence-corrected chi connectivity index (χ3v) is 4.83. The lowest BCUT2D eigenvalue weighted by molar-refractivity contribution is 0.0531. The molecule has 0 amide bonds. The average Bonchev–Trinajstić information content (AvgIpc) is 2.68. The van der Waals surface area contributed by atoms with Crippen molar-refractivity contribution in [2.75, 3.05) is 0 Å². The molecule has 1 N–H and O–H groups in total. The van der Waals surface area contributed by atoms with Crippen LogP contribution in [0.15, 0.2) is 52.1 Å². The molecule has 0 atom stereocenters. The summed E-state index contributed by atoms with van der Waals surface area (Å²) in [6, 6.07) is 11.6. The lowest BCUT2D eigenvalue weighted by atomic mass is 9.96. The molecule has 3 aromatic rings. The minimum absolute atomic E-state index is 0.128. The number of rotatable bonds is 6. The van der Waals surface area contributed by atoms with Crippen molar-refractivity contribution < 1.29 is 14.3 Å². The quantitative estimate of drug-likeness (QED) is 0.622. The topological polar surface area (TPSA) is 73.5 Å². The Hall–Kier alpha value is -3.19. The van der Waals surface area contributed by atoms with Crippen molar-refractivity contribution in [1.29, 1.82) is 0 Å². The van der Waals surface area contributed by atoms with E-state index < -0.39 is 11.2 Å².